The van der Waals surface area contributed by atoms with Crippen molar-refractivity contribution in [3.8, 4) is 0 Å². The van der Waals surface area contributed by atoms with Crippen LogP contribution in [-0.4, -0.2) is 9.55 Å². The summed E-state index contributed by atoms with van der Waals surface area (Å²) < 4.78 is 1.82. The second kappa shape index (κ2) is 12.0. The van der Waals surface area contributed by atoms with Crippen molar-refractivity contribution in [2.75, 3.05) is 0 Å². The molecule has 3 heteroatoms. The quantitative estimate of drug-likeness (QED) is 0.633. The van der Waals surface area contributed by atoms with Crippen molar-refractivity contribution in [3.05, 3.63) is 40.3 Å². The molecule has 0 spiro atoms. The molecule has 126 valence electrons. The van der Waals surface area contributed by atoms with Gasteiger partial charge in [0.05, 0.1) is 11.0 Å². The number of hydrogen-bond acceptors (Lipinski definition) is 2. The molecule has 0 radical (unpaired) electrons. The van der Waals surface area contributed by atoms with E-state index in [9.17, 15) is 4.79 Å². The Labute approximate surface area is 136 Å². The predicted molar refractivity (Wildman–Crippen MR) is 99.8 cm³/mol. The Morgan fingerprint density at radius 1 is 1.14 bits per heavy atom. The highest BCUT2D eigenvalue weighted by Gasteiger charge is 2.21. The largest absolute Gasteiger partial charge is 0.306 e. The third-order valence-corrected chi connectivity index (χ3v) is 2.89. The zero-order chi connectivity index (χ0) is 16.4. The van der Waals surface area contributed by atoms with Gasteiger partial charge in [-0.2, -0.15) is 0 Å². The molecule has 3 nitrogen and oxygen atoms in total. The van der Waals surface area contributed by atoms with Crippen molar-refractivity contribution in [3.63, 3.8) is 0 Å². The van der Waals surface area contributed by atoms with Crippen LogP contribution in [0.5, 0.6) is 0 Å². The van der Waals surface area contributed by atoms with Crippen LogP contribution in [0.1, 0.15) is 73.8 Å². The molecule has 1 aliphatic rings. The van der Waals surface area contributed by atoms with Crippen LogP contribution in [0.25, 0.3) is 11.0 Å². The number of nitrogens with zero attached hydrogens (tertiary/aromatic N) is 2. The lowest BCUT2D eigenvalue weighted by atomic mass is 10.0. The Morgan fingerprint density at radius 3 is 2.23 bits per heavy atom. The van der Waals surface area contributed by atoms with Gasteiger partial charge >= 0.3 is 0 Å². The molecule has 2 aromatic heterocycles. The van der Waals surface area contributed by atoms with Crippen molar-refractivity contribution in [2.45, 2.75) is 74.8 Å². The lowest BCUT2D eigenvalue weighted by molar-refractivity contribution is 0.643. The van der Waals surface area contributed by atoms with Crippen molar-refractivity contribution < 1.29 is 0 Å². The maximum atomic E-state index is 11.6. The molecule has 22 heavy (non-hydrogen) atoms. The highest BCUT2D eigenvalue weighted by Crippen LogP contribution is 2.30. The molecule has 0 aromatic carbocycles. The van der Waals surface area contributed by atoms with Crippen molar-refractivity contribution in [2.24, 2.45) is 0 Å². The fraction of sp³-hybridized carbons (Fsp3) is 0.579. The molecule has 0 saturated carbocycles. The molecule has 0 aliphatic carbocycles. The van der Waals surface area contributed by atoms with E-state index in [1.165, 1.54) is 12.0 Å². The van der Waals surface area contributed by atoms with E-state index in [1.807, 2.05) is 44.5 Å². The first-order valence-electron chi connectivity index (χ1n) is 8.17. The van der Waals surface area contributed by atoms with Crippen molar-refractivity contribution in [1.29, 1.82) is 0 Å². The topological polar surface area (TPSA) is 34.9 Å². The fourth-order valence-corrected chi connectivity index (χ4v) is 2.20. The second-order valence-electron chi connectivity index (χ2n) is 4.52. The van der Waals surface area contributed by atoms with E-state index in [0.717, 1.165) is 17.6 Å². The van der Waals surface area contributed by atoms with Gasteiger partial charge < -0.3 is 4.57 Å². The molecule has 0 N–H and O–H groups in total. The van der Waals surface area contributed by atoms with Gasteiger partial charge in [0.15, 0.2) is 0 Å². The van der Waals surface area contributed by atoms with E-state index in [-0.39, 0.29) is 13.0 Å². The van der Waals surface area contributed by atoms with Crippen LogP contribution in [0, 0.1) is 0 Å². The van der Waals surface area contributed by atoms with Gasteiger partial charge in [0.2, 0.25) is 0 Å². The normalized spacial score (nSPS) is 13.5. The lowest BCUT2D eigenvalue weighted by Crippen LogP contribution is -2.16. The Kier molecular flexibility index (Phi) is 12.3. The van der Waals surface area contributed by atoms with E-state index in [2.05, 4.69) is 25.8 Å². The SMILES string of the molecule is C.CC.CC.CC1Cn2c(=O)ccc3nccc1c32.CCC. The Morgan fingerprint density at radius 2 is 1.68 bits per heavy atom. The summed E-state index contributed by atoms with van der Waals surface area (Å²) in [7, 11) is 0. The Hall–Kier alpha value is -1.64. The highest BCUT2D eigenvalue weighted by molar-refractivity contribution is 5.80. The van der Waals surface area contributed by atoms with Gasteiger partial charge in [-0.1, -0.05) is 62.3 Å². The average Bonchev–Trinajstić information content (AvgIpc) is 2.87. The highest BCUT2D eigenvalue weighted by atomic mass is 16.1. The maximum absolute atomic E-state index is 11.6. The van der Waals surface area contributed by atoms with Gasteiger partial charge in [-0.3, -0.25) is 9.78 Å². The molecule has 0 saturated heterocycles. The van der Waals surface area contributed by atoms with E-state index in [4.69, 9.17) is 0 Å². The number of rotatable bonds is 0. The summed E-state index contributed by atoms with van der Waals surface area (Å²) in [6, 6.07) is 5.41. The van der Waals surface area contributed by atoms with Gasteiger partial charge in [-0.05, 0) is 17.7 Å². The maximum Gasteiger partial charge on any atom is 0.251 e. The number of hydrogen-bond donors (Lipinski definition) is 0. The van der Waals surface area contributed by atoms with Crippen LogP contribution >= 0.6 is 0 Å². The summed E-state index contributed by atoms with van der Waals surface area (Å²) >= 11 is 0. The minimum Gasteiger partial charge on any atom is -0.306 e. The first-order chi connectivity index (χ1) is 10.2. The van der Waals surface area contributed by atoms with Crippen LogP contribution in [0.2, 0.25) is 0 Å². The molecule has 0 bridgehead atoms. The summed E-state index contributed by atoms with van der Waals surface area (Å²) in [5, 5.41) is 0. The molecular formula is C19H34N2O. The molecular weight excluding hydrogens is 272 g/mol. The van der Waals surface area contributed by atoms with E-state index >= 15 is 0 Å². The zero-order valence-electron chi connectivity index (χ0n) is 14.6. The second-order valence-corrected chi connectivity index (χ2v) is 4.52. The minimum absolute atomic E-state index is 0. The summed E-state index contributed by atoms with van der Waals surface area (Å²) in [4.78, 5) is 15.8. The molecule has 1 atom stereocenters. The third kappa shape index (κ3) is 4.97. The van der Waals surface area contributed by atoms with Crippen LogP contribution in [0.3, 0.4) is 0 Å². The molecule has 2 aromatic rings. The Balaban J connectivity index is 0. The predicted octanol–water partition coefficient (Wildman–Crippen LogP) is 5.62. The first kappa shape index (κ1) is 22.6. The monoisotopic (exact) mass is 306 g/mol. The summed E-state index contributed by atoms with van der Waals surface area (Å²) in [5.74, 6) is 0.426. The lowest BCUT2D eigenvalue weighted by Gasteiger charge is -2.00. The van der Waals surface area contributed by atoms with Crippen molar-refractivity contribution >= 4 is 11.0 Å². The van der Waals surface area contributed by atoms with E-state index < -0.39 is 0 Å². The summed E-state index contributed by atoms with van der Waals surface area (Å²) in [6.07, 6.45) is 3.06. The summed E-state index contributed by atoms with van der Waals surface area (Å²) in [5.41, 5.74) is 3.27. The van der Waals surface area contributed by atoms with Gasteiger partial charge in [0.1, 0.15) is 0 Å². The Bertz CT molecular complexity index is 587. The standard InChI is InChI=1S/C11H10N2O.C3H8.2C2H6.CH4/c1-7-6-13-10(14)3-2-9-11(13)8(7)4-5-12-9;1-3-2;2*1-2;/h2-5,7H,6H2,1H3;3H2,1-2H3;2*1-2H3;1H4. The molecule has 0 fully saturated rings. The minimum atomic E-state index is 0. The fourth-order valence-electron chi connectivity index (χ4n) is 2.20. The van der Waals surface area contributed by atoms with Gasteiger partial charge in [-0.15, -0.1) is 0 Å². The third-order valence-electron chi connectivity index (χ3n) is 2.89. The van der Waals surface area contributed by atoms with Crippen LogP contribution in [-0.2, 0) is 6.54 Å². The van der Waals surface area contributed by atoms with Crippen LogP contribution < -0.4 is 5.56 Å². The smallest absolute Gasteiger partial charge is 0.251 e. The number of pyridine rings is 2. The molecule has 3 heterocycles. The zero-order valence-corrected chi connectivity index (χ0v) is 14.6. The molecule has 1 unspecified atom stereocenters. The molecule has 3 rings (SSSR count). The van der Waals surface area contributed by atoms with Crippen molar-refractivity contribution in [1.82, 2.24) is 9.55 Å². The average molecular weight is 306 g/mol. The van der Waals surface area contributed by atoms with Gasteiger partial charge in [0, 0.05) is 24.7 Å². The van der Waals surface area contributed by atoms with Crippen LogP contribution in [0.15, 0.2) is 29.2 Å². The number of aromatic nitrogens is 2. The van der Waals surface area contributed by atoms with Gasteiger partial charge in [-0.25, -0.2) is 0 Å². The summed E-state index contributed by atoms with van der Waals surface area (Å²) in [6.45, 7) is 15.2. The van der Waals surface area contributed by atoms with E-state index in [1.54, 1.807) is 12.1 Å². The first-order valence-corrected chi connectivity index (χ1v) is 8.17. The molecule has 1 aliphatic heterocycles. The van der Waals surface area contributed by atoms with E-state index in [0.29, 0.717) is 5.92 Å². The van der Waals surface area contributed by atoms with Crippen LogP contribution in [0.4, 0.5) is 0 Å². The molecule has 0 amide bonds. The van der Waals surface area contributed by atoms with Gasteiger partial charge in [0.25, 0.3) is 5.56 Å².